The molecule has 0 aromatic carbocycles. The van der Waals surface area contributed by atoms with E-state index in [1.165, 1.54) is 9.75 Å². The molecule has 0 aliphatic rings. The largest absolute Gasteiger partial charge is 0.357 e. The molecule has 0 bridgehead atoms. The molecule has 0 radical (unpaired) electrons. The molecule has 1 N–H and O–H groups in total. The number of nitrogens with zero attached hydrogens (tertiary/aromatic N) is 3. The van der Waals surface area contributed by atoms with E-state index in [2.05, 4.69) is 35.1 Å². The Balaban J connectivity index is 1.93. The Hall–Kier alpha value is -1.11. The van der Waals surface area contributed by atoms with E-state index < -0.39 is 0 Å². The van der Waals surface area contributed by atoms with Gasteiger partial charge in [0.15, 0.2) is 5.96 Å². The number of hydrogen-bond acceptors (Lipinski definition) is 4. The normalized spacial score (nSPS) is 11.7. The maximum absolute atomic E-state index is 5.99. The van der Waals surface area contributed by atoms with Crippen LogP contribution >= 0.6 is 34.3 Å². The minimum absolute atomic E-state index is 0.741. The summed E-state index contributed by atoms with van der Waals surface area (Å²) in [5.74, 6) is 0.917. The first-order chi connectivity index (χ1) is 10.6. The van der Waals surface area contributed by atoms with Crippen molar-refractivity contribution < 1.29 is 0 Å². The maximum Gasteiger partial charge on any atom is 0.193 e. The van der Waals surface area contributed by atoms with Gasteiger partial charge in [0.05, 0.1) is 15.9 Å². The summed E-state index contributed by atoms with van der Waals surface area (Å²) in [5.41, 5.74) is 0. The third-order valence-corrected chi connectivity index (χ3v) is 5.16. The molecule has 2 aromatic heterocycles. The number of aliphatic imine (C=N–C) groups is 1. The molecule has 0 saturated heterocycles. The lowest BCUT2D eigenvalue weighted by Crippen LogP contribution is -2.38. The molecule has 2 heterocycles. The van der Waals surface area contributed by atoms with Crippen LogP contribution in [0.5, 0.6) is 0 Å². The summed E-state index contributed by atoms with van der Waals surface area (Å²) in [6.07, 6.45) is 2.80. The van der Waals surface area contributed by atoms with Gasteiger partial charge in [0.1, 0.15) is 0 Å². The predicted molar refractivity (Wildman–Crippen MR) is 97.3 cm³/mol. The molecule has 0 aliphatic heterocycles. The molecule has 0 atom stereocenters. The van der Waals surface area contributed by atoms with Gasteiger partial charge in [0.2, 0.25) is 0 Å². The summed E-state index contributed by atoms with van der Waals surface area (Å²) < 4.78 is 0.824. The van der Waals surface area contributed by atoms with Crippen molar-refractivity contribution in [3.63, 3.8) is 0 Å². The second-order valence-corrected chi connectivity index (χ2v) is 8.03. The molecule has 0 unspecified atom stereocenters. The molecule has 0 aliphatic carbocycles. The molecule has 0 spiro atoms. The molecule has 0 fully saturated rings. The highest BCUT2D eigenvalue weighted by atomic mass is 35.5. The summed E-state index contributed by atoms with van der Waals surface area (Å²) >= 11 is 9.33. The van der Waals surface area contributed by atoms with E-state index in [4.69, 9.17) is 16.6 Å². The van der Waals surface area contributed by atoms with Crippen molar-refractivity contribution in [2.45, 2.75) is 26.8 Å². The van der Waals surface area contributed by atoms with Crippen molar-refractivity contribution >= 4 is 40.2 Å². The number of thiophene rings is 1. The van der Waals surface area contributed by atoms with Gasteiger partial charge in [0, 0.05) is 42.5 Å². The minimum atomic E-state index is 0.741. The van der Waals surface area contributed by atoms with Crippen LogP contribution in [0.25, 0.3) is 0 Å². The van der Waals surface area contributed by atoms with Crippen LogP contribution in [0, 0.1) is 6.92 Å². The van der Waals surface area contributed by atoms with Gasteiger partial charge in [-0.2, -0.15) is 0 Å². The Morgan fingerprint density at radius 3 is 2.82 bits per heavy atom. The lowest BCUT2D eigenvalue weighted by atomic mass is 10.4. The van der Waals surface area contributed by atoms with Crippen LogP contribution < -0.4 is 5.32 Å². The van der Waals surface area contributed by atoms with Crippen LogP contribution in [-0.4, -0.2) is 36.0 Å². The SMILES string of the molecule is CCNC(=NCCc1ncc(C)s1)N(C)Cc1ccc(Cl)s1. The van der Waals surface area contributed by atoms with E-state index in [1.807, 2.05) is 19.3 Å². The van der Waals surface area contributed by atoms with Gasteiger partial charge in [-0.3, -0.25) is 4.99 Å². The smallest absolute Gasteiger partial charge is 0.193 e. The van der Waals surface area contributed by atoms with Gasteiger partial charge in [-0.15, -0.1) is 22.7 Å². The van der Waals surface area contributed by atoms with E-state index in [9.17, 15) is 0 Å². The maximum atomic E-state index is 5.99. The molecule has 2 aromatic rings. The van der Waals surface area contributed by atoms with E-state index in [1.54, 1.807) is 22.7 Å². The molecule has 120 valence electrons. The van der Waals surface area contributed by atoms with Gasteiger partial charge in [-0.25, -0.2) is 4.98 Å². The van der Waals surface area contributed by atoms with E-state index >= 15 is 0 Å². The fraction of sp³-hybridized carbons (Fsp3) is 0.467. The second kappa shape index (κ2) is 8.50. The summed E-state index contributed by atoms with van der Waals surface area (Å²) in [6, 6.07) is 4.00. The van der Waals surface area contributed by atoms with Crippen LogP contribution in [0.3, 0.4) is 0 Å². The fourth-order valence-corrected chi connectivity index (χ4v) is 3.91. The first kappa shape index (κ1) is 17.2. The first-order valence-electron chi connectivity index (χ1n) is 7.23. The van der Waals surface area contributed by atoms with Crippen molar-refractivity contribution in [1.82, 2.24) is 15.2 Å². The minimum Gasteiger partial charge on any atom is -0.357 e. The van der Waals surface area contributed by atoms with Gasteiger partial charge in [0.25, 0.3) is 0 Å². The number of nitrogens with one attached hydrogen (secondary N) is 1. The zero-order valence-electron chi connectivity index (χ0n) is 13.1. The van der Waals surface area contributed by atoms with E-state index in [-0.39, 0.29) is 0 Å². The molecule has 0 amide bonds. The number of aryl methyl sites for hydroxylation is 1. The van der Waals surface area contributed by atoms with Crippen LogP contribution in [-0.2, 0) is 13.0 Å². The number of halogens is 1. The zero-order valence-corrected chi connectivity index (χ0v) is 15.5. The number of hydrogen-bond donors (Lipinski definition) is 1. The Kier molecular flexibility index (Phi) is 6.67. The third-order valence-electron chi connectivity index (χ3n) is 2.97. The summed E-state index contributed by atoms with van der Waals surface area (Å²) in [7, 11) is 2.04. The predicted octanol–water partition coefficient (Wildman–Crippen LogP) is 3.81. The van der Waals surface area contributed by atoms with Crippen molar-refractivity contribution in [1.29, 1.82) is 0 Å². The van der Waals surface area contributed by atoms with Crippen LogP contribution in [0.15, 0.2) is 23.3 Å². The number of guanidine groups is 1. The van der Waals surface area contributed by atoms with Crippen molar-refractivity contribution in [3.8, 4) is 0 Å². The van der Waals surface area contributed by atoms with E-state index in [0.717, 1.165) is 41.4 Å². The Labute approximate surface area is 144 Å². The van der Waals surface area contributed by atoms with Crippen molar-refractivity contribution in [3.05, 3.63) is 37.4 Å². The Morgan fingerprint density at radius 1 is 1.41 bits per heavy atom. The Bertz CT molecular complexity index is 621. The lowest BCUT2D eigenvalue weighted by Gasteiger charge is -2.21. The summed E-state index contributed by atoms with van der Waals surface area (Å²) in [5, 5.41) is 4.47. The van der Waals surface area contributed by atoms with Gasteiger partial charge in [-0.05, 0) is 26.0 Å². The second-order valence-electron chi connectivity index (χ2n) is 4.91. The zero-order chi connectivity index (χ0) is 15.9. The summed E-state index contributed by atoms with van der Waals surface area (Å²) in [6.45, 7) is 6.55. The van der Waals surface area contributed by atoms with Crippen LogP contribution in [0.4, 0.5) is 0 Å². The average Bonchev–Trinajstić information content (AvgIpc) is 3.06. The van der Waals surface area contributed by atoms with Gasteiger partial charge in [-0.1, -0.05) is 11.6 Å². The Morgan fingerprint density at radius 2 is 2.23 bits per heavy atom. The quantitative estimate of drug-likeness (QED) is 0.632. The number of thiazole rings is 1. The summed E-state index contributed by atoms with van der Waals surface area (Å²) in [4.78, 5) is 13.7. The van der Waals surface area contributed by atoms with Crippen molar-refractivity contribution in [2.75, 3.05) is 20.1 Å². The highest BCUT2D eigenvalue weighted by molar-refractivity contribution is 7.16. The standard InChI is InChI=1S/C15H21ClN4S2/c1-4-17-15(18-8-7-14-19-9-11(2)21-14)20(3)10-12-5-6-13(16)22-12/h5-6,9H,4,7-8,10H2,1-3H3,(H,17,18). The molecule has 2 rings (SSSR count). The molecule has 7 heteroatoms. The number of rotatable bonds is 6. The molecule has 0 saturated carbocycles. The lowest BCUT2D eigenvalue weighted by molar-refractivity contribution is 0.481. The topological polar surface area (TPSA) is 40.5 Å². The fourth-order valence-electron chi connectivity index (χ4n) is 1.99. The molecular weight excluding hydrogens is 336 g/mol. The van der Waals surface area contributed by atoms with Crippen LogP contribution in [0.2, 0.25) is 4.34 Å². The monoisotopic (exact) mass is 356 g/mol. The van der Waals surface area contributed by atoms with Gasteiger partial charge < -0.3 is 10.2 Å². The molecule has 4 nitrogen and oxygen atoms in total. The number of aromatic nitrogens is 1. The molecule has 22 heavy (non-hydrogen) atoms. The average molecular weight is 357 g/mol. The van der Waals surface area contributed by atoms with E-state index in [0.29, 0.717) is 0 Å². The van der Waals surface area contributed by atoms with Gasteiger partial charge >= 0.3 is 0 Å². The highest BCUT2D eigenvalue weighted by Crippen LogP contribution is 2.22. The van der Waals surface area contributed by atoms with Crippen molar-refractivity contribution in [2.24, 2.45) is 4.99 Å². The molecular formula is C15H21ClN4S2. The first-order valence-corrected chi connectivity index (χ1v) is 9.24. The highest BCUT2D eigenvalue weighted by Gasteiger charge is 2.08. The third kappa shape index (κ3) is 5.26. The van der Waals surface area contributed by atoms with Crippen LogP contribution in [0.1, 0.15) is 21.7 Å².